The lowest BCUT2D eigenvalue weighted by Gasteiger charge is -2.60. The molecule has 0 bridgehead atoms. The lowest BCUT2D eigenvalue weighted by atomic mass is 9.45. The number of aryl methyl sites for hydroxylation is 1. The number of halogens is 1. The molecule has 0 radical (unpaired) electrons. The maximum atomic E-state index is 14.3. The minimum atomic E-state index is -0.364. The molecule has 49 heavy (non-hydrogen) atoms. The molecule has 5 nitrogen and oxygen atoms in total. The largest absolute Gasteiger partial charge is 0.378 e. The summed E-state index contributed by atoms with van der Waals surface area (Å²) in [6, 6.07) is 11.5. The predicted molar refractivity (Wildman–Crippen MR) is 193 cm³/mol. The van der Waals surface area contributed by atoms with Crippen LogP contribution in [0.15, 0.2) is 36.4 Å². The van der Waals surface area contributed by atoms with Gasteiger partial charge in [-0.25, -0.2) is 4.39 Å². The van der Waals surface area contributed by atoms with Crippen LogP contribution in [-0.2, 0) is 22.5 Å². The minimum absolute atomic E-state index is 0.0360. The number of nitrogens with one attached hydrogen (secondary N) is 2. The first-order chi connectivity index (χ1) is 23.7. The highest BCUT2D eigenvalue weighted by Crippen LogP contribution is 2.66. The molecule has 1 unspecified atom stereocenters. The van der Waals surface area contributed by atoms with Gasteiger partial charge in [0.25, 0.3) is 0 Å². The number of aromatic nitrogens is 1. The zero-order valence-corrected chi connectivity index (χ0v) is 29.7. The number of fused-ring (bicyclic) bond motifs is 5. The lowest BCUT2D eigenvalue weighted by molar-refractivity contribution is -0.145. The van der Waals surface area contributed by atoms with E-state index in [1.165, 1.54) is 62.6 Å². The predicted octanol–water partition coefficient (Wildman–Crippen LogP) is 9.75. The molecule has 5 aliphatic carbocycles. The van der Waals surface area contributed by atoms with Crippen LogP contribution in [0.25, 0.3) is 22.2 Å². The number of ether oxygens (including phenoxy) is 1. The molecule has 0 aliphatic heterocycles. The molecule has 5 aliphatic rings. The molecule has 0 spiro atoms. The number of benzene rings is 2. The lowest BCUT2D eigenvalue weighted by Crippen LogP contribution is -2.54. The number of carbonyl (C=O) groups excluding carboxylic acids is 2. The van der Waals surface area contributed by atoms with Gasteiger partial charge in [-0.3, -0.25) is 9.59 Å². The first-order valence-electron chi connectivity index (χ1n) is 19.6. The van der Waals surface area contributed by atoms with Crippen molar-refractivity contribution in [3.05, 3.63) is 58.9 Å². The molecule has 3 aromatic rings. The Kier molecular flexibility index (Phi) is 9.10. The monoisotopic (exact) mass is 666 g/mol. The number of hydrogen-bond donors (Lipinski definition) is 2. The van der Waals surface area contributed by atoms with Gasteiger partial charge in [-0.1, -0.05) is 38.1 Å². The Bertz CT molecular complexity index is 1710. The van der Waals surface area contributed by atoms with E-state index in [0.717, 1.165) is 105 Å². The quantitative estimate of drug-likeness (QED) is 0.211. The number of hydrogen-bond acceptors (Lipinski definition) is 4. The summed E-state index contributed by atoms with van der Waals surface area (Å²) in [5.41, 5.74) is 6.42. The molecule has 1 aromatic heterocycles. The van der Waals surface area contributed by atoms with Crippen molar-refractivity contribution in [1.29, 1.82) is 0 Å². The zero-order chi connectivity index (χ0) is 33.8. The van der Waals surface area contributed by atoms with Gasteiger partial charge in [0.15, 0.2) is 5.78 Å². The zero-order valence-electron chi connectivity index (χ0n) is 29.7. The minimum Gasteiger partial charge on any atom is -0.378 e. The molecule has 262 valence electrons. The van der Waals surface area contributed by atoms with Crippen molar-refractivity contribution in [2.45, 2.75) is 123 Å². The Hall–Kier alpha value is -2.83. The molecule has 4 fully saturated rings. The Labute approximate surface area is 291 Å². The SMILES string of the molecule is C[C@]12CCC(=O)C[C@@H]1CC[C@@H]1[C@@H]2CC[C@]2(C)C(OCCCCCNCc3ccc(-c4[nH]c5cc(F)cc6c5c4CCCC6=O)cc3)CC[C@@H]12. The highest BCUT2D eigenvalue weighted by atomic mass is 19.1. The van der Waals surface area contributed by atoms with Crippen molar-refractivity contribution in [1.82, 2.24) is 10.3 Å². The number of ketones is 2. The van der Waals surface area contributed by atoms with E-state index >= 15 is 0 Å². The standard InChI is InChI=1S/C43H55FN2O3/c1-42-19-17-31(47)23-29(42)13-14-32-35-15-16-39(43(35,2)20-18-36(32)42)49-22-5-3-4-21-45-26-27-9-11-28(12-10-27)41-33-7-6-8-38(48)34-24-30(44)25-37(46-41)40(33)34/h9-12,24-25,29,32,35-36,39,45-46H,3-8,13-23,26H2,1-2H3/t29-,32-,35-,36-,39?,42-,43-/m0/s1. The molecule has 7 atom stereocenters. The van der Waals surface area contributed by atoms with Crippen LogP contribution < -0.4 is 5.32 Å². The Morgan fingerprint density at radius 3 is 2.59 bits per heavy atom. The molecule has 2 N–H and O–H groups in total. The Balaban J connectivity index is 0.775. The molecule has 8 rings (SSSR count). The van der Waals surface area contributed by atoms with E-state index < -0.39 is 0 Å². The van der Waals surface area contributed by atoms with E-state index in [2.05, 4.69) is 48.4 Å². The normalized spacial score (nSPS) is 32.5. The first-order valence-corrected chi connectivity index (χ1v) is 19.6. The summed E-state index contributed by atoms with van der Waals surface area (Å²) in [7, 11) is 0. The summed E-state index contributed by atoms with van der Waals surface area (Å²) in [5.74, 6) is 3.26. The number of Topliss-reactive ketones (excluding diaryl/α,β-unsaturated/α-hetero) is 2. The van der Waals surface area contributed by atoms with Crippen molar-refractivity contribution in [2.24, 2.45) is 34.5 Å². The fraction of sp³-hybridized carbons (Fsp3) is 0.628. The highest BCUT2D eigenvalue weighted by molar-refractivity contribution is 6.11. The summed E-state index contributed by atoms with van der Waals surface area (Å²) in [4.78, 5) is 28.3. The van der Waals surface area contributed by atoms with Gasteiger partial charge in [-0.15, -0.1) is 0 Å². The summed E-state index contributed by atoms with van der Waals surface area (Å²) in [6.45, 7) is 7.81. The van der Waals surface area contributed by atoms with Gasteiger partial charge >= 0.3 is 0 Å². The number of rotatable bonds is 10. The molecule has 6 heteroatoms. The molecule has 0 amide bonds. The Morgan fingerprint density at radius 2 is 1.73 bits per heavy atom. The second-order valence-electron chi connectivity index (χ2n) is 16.9. The number of unbranched alkanes of at least 4 members (excludes halogenated alkanes) is 2. The molecule has 1 heterocycles. The number of aromatic amines is 1. The fourth-order valence-electron chi connectivity index (χ4n) is 11.7. The number of carbonyl (C=O) groups is 2. The first kappa shape index (κ1) is 33.3. The smallest absolute Gasteiger partial charge is 0.163 e. The molecular formula is C43H55FN2O3. The van der Waals surface area contributed by atoms with E-state index in [9.17, 15) is 14.0 Å². The highest BCUT2D eigenvalue weighted by Gasteiger charge is 2.60. The van der Waals surface area contributed by atoms with Gasteiger partial charge in [-0.2, -0.15) is 0 Å². The van der Waals surface area contributed by atoms with Crippen molar-refractivity contribution in [2.75, 3.05) is 13.2 Å². The van der Waals surface area contributed by atoms with Gasteiger partial charge in [0.2, 0.25) is 0 Å². The van der Waals surface area contributed by atoms with Crippen molar-refractivity contribution >= 4 is 22.5 Å². The van der Waals surface area contributed by atoms with Crippen molar-refractivity contribution in [3.63, 3.8) is 0 Å². The number of H-pyrrole nitrogens is 1. The van der Waals surface area contributed by atoms with Gasteiger partial charge in [0, 0.05) is 54.6 Å². The second kappa shape index (κ2) is 13.4. The average molecular weight is 667 g/mol. The van der Waals surface area contributed by atoms with Gasteiger partial charge in [0.05, 0.1) is 6.10 Å². The Morgan fingerprint density at radius 1 is 0.898 bits per heavy atom. The van der Waals surface area contributed by atoms with Crippen LogP contribution in [0, 0.1) is 40.3 Å². The third-order valence-electron chi connectivity index (χ3n) is 14.4. The topological polar surface area (TPSA) is 71.2 Å². The van der Waals surface area contributed by atoms with Crippen LogP contribution in [-0.4, -0.2) is 35.8 Å². The van der Waals surface area contributed by atoms with Crippen LogP contribution in [0.5, 0.6) is 0 Å². The third kappa shape index (κ3) is 6.03. The summed E-state index contributed by atoms with van der Waals surface area (Å²) in [6.07, 6.45) is 16.5. The van der Waals surface area contributed by atoms with Gasteiger partial charge < -0.3 is 15.0 Å². The van der Waals surface area contributed by atoms with E-state index in [1.807, 2.05) is 0 Å². The second-order valence-corrected chi connectivity index (χ2v) is 16.9. The van der Waals surface area contributed by atoms with Gasteiger partial charge in [0.1, 0.15) is 11.6 Å². The third-order valence-corrected chi connectivity index (χ3v) is 14.4. The van der Waals surface area contributed by atoms with Gasteiger partial charge in [-0.05, 0) is 147 Å². The molecule has 2 aromatic carbocycles. The fourth-order valence-corrected chi connectivity index (χ4v) is 11.7. The van der Waals surface area contributed by atoms with E-state index in [-0.39, 0.29) is 11.6 Å². The molecule has 0 saturated heterocycles. The summed E-state index contributed by atoms with van der Waals surface area (Å²) < 4.78 is 21.0. The van der Waals surface area contributed by atoms with Crippen LogP contribution in [0.1, 0.15) is 125 Å². The maximum absolute atomic E-state index is 14.3. The van der Waals surface area contributed by atoms with E-state index in [4.69, 9.17) is 4.74 Å². The molecular weight excluding hydrogens is 611 g/mol. The van der Waals surface area contributed by atoms with Crippen LogP contribution in [0.4, 0.5) is 4.39 Å². The van der Waals surface area contributed by atoms with Crippen LogP contribution >= 0.6 is 0 Å². The van der Waals surface area contributed by atoms with E-state index in [1.54, 1.807) is 0 Å². The van der Waals surface area contributed by atoms with E-state index in [0.29, 0.717) is 46.1 Å². The summed E-state index contributed by atoms with van der Waals surface area (Å²) in [5, 5.41) is 4.52. The molecule has 4 saturated carbocycles. The van der Waals surface area contributed by atoms with Crippen molar-refractivity contribution < 1.29 is 18.7 Å². The maximum Gasteiger partial charge on any atom is 0.163 e. The van der Waals surface area contributed by atoms with Crippen LogP contribution in [0.3, 0.4) is 0 Å². The summed E-state index contributed by atoms with van der Waals surface area (Å²) >= 11 is 0. The average Bonchev–Trinajstić information content (AvgIpc) is 3.57. The van der Waals surface area contributed by atoms with Crippen LogP contribution in [0.2, 0.25) is 0 Å². The van der Waals surface area contributed by atoms with Crippen molar-refractivity contribution in [3.8, 4) is 11.3 Å².